The van der Waals surface area contributed by atoms with E-state index in [1.165, 1.54) is 24.0 Å². The van der Waals surface area contributed by atoms with Crippen molar-refractivity contribution in [3.05, 3.63) is 53.2 Å². The molecular formula is C20H24N4O. The number of para-hydroxylation sites is 1. The second-order valence-electron chi connectivity index (χ2n) is 6.83. The van der Waals surface area contributed by atoms with E-state index >= 15 is 0 Å². The molecule has 25 heavy (non-hydrogen) atoms. The molecule has 2 aliphatic heterocycles. The number of nitrogens with zero attached hydrogens (tertiary/aromatic N) is 3. The molecule has 1 aromatic heterocycles. The van der Waals surface area contributed by atoms with Crippen molar-refractivity contribution in [1.29, 1.82) is 0 Å². The molecule has 5 heteroatoms. The molecule has 0 radical (unpaired) electrons. The summed E-state index contributed by atoms with van der Waals surface area (Å²) in [6.07, 6.45) is 4.62. The van der Waals surface area contributed by atoms with Crippen molar-refractivity contribution in [2.24, 2.45) is 0 Å². The maximum absolute atomic E-state index is 5.84. The van der Waals surface area contributed by atoms with E-state index in [1.807, 2.05) is 25.1 Å². The van der Waals surface area contributed by atoms with Crippen LogP contribution in [-0.2, 0) is 0 Å². The van der Waals surface area contributed by atoms with Gasteiger partial charge < -0.3 is 15.0 Å². The number of hydrogen-bond donors (Lipinski definition) is 1. The second-order valence-corrected chi connectivity index (χ2v) is 6.83. The van der Waals surface area contributed by atoms with Crippen molar-refractivity contribution >= 4 is 11.9 Å². The van der Waals surface area contributed by atoms with Crippen molar-refractivity contribution in [2.75, 3.05) is 31.1 Å². The van der Waals surface area contributed by atoms with Crippen molar-refractivity contribution in [3.63, 3.8) is 0 Å². The number of fused-ring (bicyclic) bond motifs is 1. The summed E-state index contributed by atoms with van der Waals surface area (Å²) in [6.45, 7) is 5.53. The minimum atomic E-state index is 0.468. The molecule has 4 rings (SSSR count). The smallest absolute Gasteiger partial charge is 0.151 e. The fourth-order valence-electron chi connectivity index (χ4n) is 3.45. The minimum absolute atomic E-state index is 0.468. The number of ether oxygens (including phenoxy) is 1. The molecule has 2 aliphatic rings. The predicted molar refractivity (Wildman–Crippen MR) is 99.9 cm³/mol. The third-order valence-corrected chi connectivity index (χ3v) is 4.84. The van der Waals surface area contributed by atoms with Gasteiger partial charge in [0.2, 0.25) is 0 Å². The van der Waals surface area contributed by atoms with Gasteiger partial charge in [-0.05, 0) is 49.6 Å². The SMILES string of the molecule is Cc1ccc(N2CCC[C@@H](NCC3=Cc4ccccc4OC3)C2)nn1. The number of nitrogens with one attached hydrogen (secondary N) is 1. The van der Waals surface area contributed by atoms with Crippen LogP contribution in [0.25, 0.3) is 6.08 Å². The highest BCUT2D eigenvalue weighted by atomic mass is 16.5. The van der Waals surface area contributed by atoms with E-state index < -0.39 is 0 Å². The van der Waals surface area contributed by atoms with E-state index in [4.69, 9.17) is 4.74 Å². The van der Waals surface area contributed by atoms with E-state index in [2.05, 4.69) is 44.7 Å². The lowest BCUT2D eigenvalue weighted by Crippen LogP contribution is -2.46. The molecule has 0 bridgehead atoms. The Hall–Kier alpha value is -2.40. The molecule has 3 heterocycles. The quantitative estimate of drug-likeness (QED) is 0.930. The summed E-state index contributed by atoms with van der Waals surface area (Å²) in [5, 5.41) is 12.2. The van der Waals surface area contributed by atoms with Crippen LogP contribution >= 0.6 is 0 Å². The van der Waals surface area contributed by atoms with Crippen LogP contribution in [0, 0.1) is 6.92 Å². The Morgan fingerprint density at radius 1 is 1.20 bits per heavy atom. The van der Waals surface area contributed by atoms with Crippen molar-refractivity contribution in [1.82, 2.24) is 15.5 Å². The fraction of sp³-hybridized carbons (Fsp3) is 0.400. The molecule has 0 spiro atoms. The van der Waals surface area contributed by atoms with Gasteiger partial charge in [-0.2, -0.15) is 5.10 Å². The standard InChI is InChI=1S/C20H24N4O/c1-15-8-9-20(23-22-15)24-10-4-6-18(13-24)21-12-16-11-17-5-2-3-7-19(17)25-14-16/h2-3,5,7-9,11,18,21H,4,6,10,12-14H2,1H3/t18-/m1/s1. The van der Waals surface area contributed by atoms with Crippen LogP contribution in [0.1, 0.15) is 24.1 Å². The van der Waals surface area contributed by atoms with Crippen LogP contribution in [0.3, 0.4) is 0 Å². The van der Waals surface area contributed by atoms with Gasteiger partial charge in [0.05, 0.1) is 5.69 Å². The first-order chi connectivity index (χ1) is 12.3. The van der Waals surface area contributed by atoms with Crippen LogP contribution in [0.15, 0.2) is 42.0 Å². The number of aromatic nitrogens is 2. The predicted octanol–water partition coefficient (Wildman–Crippen LogP) is 2.82. The van der Waals surface area contributed by atoms with Crippen LogP contribution in [0.5, 0.6) is 5.75 Å². The Balaban J connectivity index is 1.35. The summed E-state index contributed by atoms with van der Waals surface area (Å²) in [5.74, 6) is 1.96. The van der Waals surface area contributed by atoms with Gasteiger partial charge in [0, 0.05) is 31.2 Å². The Kier molecular flexibility index (Phi) is 4.65. The zero-order valence-electron chi connectivity index (χ0n) is 14.6. The average Bonchev–Trinajstić information content (AvgIpc) is 2.67. The number of piperidine rings is 1. The third-order valence-electron chi connectivity index (χ3n) is 4.84. The molecule has 1 aromatic carbocycles. The van der Waals surface area contributed by atoms with Gasteiger partial charge in [-0.3, -0.25) is 0 Å². The number of benzene rings is 1. The first-order valence-electron chi connectivity index (χ1n) is 8.98. The molecule has 0 amide bonds. The molecule has 1 atom stereocenters. The summed E-state index contributed by atoms with van der Waals surface area (Å²) < 4.78 is 5.84. The first kappa shape index (κ1) is 16.1. The van der Waals surface area contributed by atoms with Gasteiger partial charge in [-0.1, -0.05) is 18.2 Å². The van der Waals surface area contributed by atoms with Gasteiger partial charge in [-0.15, -0.1) is 5.10 Å². The van der Waals surface area contributed by atoms with Gasteiger partial charge in [0.25, 0.3) is 0 Å². The van der Waals surface area contributed by atoms with E-state index in [1.54, 1.807) is 0 Å². The zero-order valence-corrected chi connectivity index (χ0v) is 14.6. The molecule has 0 aliphatic carbocycles. The van der Waals surface area contributed by atoms with E-state index in [0.717, 1.165) is 36.9 Å². The number of hydrogen-bond acceptors (Lipinski definition) is 5. The van der Waals surface area contributed by atoms with Crippen molar-refractivity contribution in [2.45, 2.75) is 25.8 Å². The highest BCUT2D eigenvalue weighted by molar-refractivity contribution is 5.62. The number of anilines is 1. The molecule has 5 nitrogen and oxygen atoms in total. The maximum atomic E-state index is 5.84. The molecule has 1 N–H and O–H groups in total. The normalized spacial score (nSPS) is 19.8. The van der Waals surface area contributed by atoms with Crippen LogP contribution in [-0.4, -0.2) is 42.5 Å². The van der Waals surface area contributed by atoms with Gasteiger partial charge >= 0.3 is 0 Å². The van der Waals surface area contributed by atoms with Gasteiger partial charge in [0.1, 0.15) is 12.4 Å². The Morgan fingerprint density at radius 2 is 2.12 bits per heavy atom. The molecule has 0 saturated carbocycles. The highest BCUT2D eigenvalue weighted by Gasteiger charge is 2.21. The minimum Gasteiger partial charge on any atom is -0.489 e. The van der Waals surface area contributed by atoms with Crippen LogP contribution in [0.4, 0.5) is 5.82 Å². The summed E-state index contributed by atoms with van der Waals surface area (Å²) in [7, 11) is 0. The lowest BCUT2D eigenvalue weighted by Gasteiger charge is -2.34. The number of rotatable bonds is 4. The summed E-state index contributed by atoms with van der Waals surface area (Å²) >= 11 is 0. The van der Waals surface area contributed by atoms with Gasteiger partial charge in [-0.25, -0.2) is 0 Å². The third kappa shape index (κ3) is 3.82. The maximum Gasteiger partial charge on any atom is 0.151 e. The van der Waals surface area contributed by atoms with Gasteiger partial charge in [0.15, 0.2) is 5.82 Å². The Labute approximate surface area is 148 Å². The summed E-state index contributed by atoms with van der Waals surface area (Å²) in [4.78, 5) is 2.33. The zero-order chi connectivity index (χ0) is 17.1. The first-order valence-corrected chi connectivity index (χ1v) is 8.98. The Morgan fingerprint density at radius 3 is 3.00 bits per heavy atom. The monoisotopic (exact) mass is 336 g/mol. The molecule has 1 fully saturated rings. The van der Waals surface area contributed by atoms with E-state index in [9.17, 15) is 0 Å². The van der Waals surface area contributed by atoms with Crippen molar-refractivity contribution < 1.29 is 4.74 Å². The van der Waals surface area contributed by atoms with Crippen LogP contribution in [0.2, 0.25) is 0 Å². The van der Waals surface area contributed by atoms with Crippen molar-refractivity contribution in [3.8, 4) is 5.75 Å². The topological polar surface area (TPSA) is 50.3 Å². The lowest BCUT2D eigenvalue weighted by atomic mass is 10.0. The van der Waals surface area contributed by atoms with Crippen LogP contribution < -0.4 is 15.0 Å². The van der Waals surface area contributed by atoms with E-state index in [0.29, 0.717) is 12.6 Å². The molecule has 0 unspecified atom stereocenters. The largest absolute Gasteiger partial charge is 0.489 e. The molecule has 1 saturated heterocycles. The van der Waals surface area contributed by atoms with E-state index in [-0.39, 0.29) is 0 Å². The number of aryl methyl sites for hydroxylation is 1. The Bertz CT molecular complexity index is 757. The molecule has 2 aromatic rings. The summed E-state index contributed by atoms with van der Waals surface area (Å²) in [5.41, 5.74) is 3.43. The molecule has 130 valence electrons. The average molecular weight is 336 g/mol. The fourth-order valence-corrected chi connectivity index (χ4v) is 3.45. The summed E-state index contributed by atoms with van der Waals surface area (Å²) in [6, 6.07) is 12.8. The highest BCUT2D eigenvalue weighted by Crippen LogP contribution is 2.25. The second kappa shape index (κ2) is 7.23. The molecular weight excluding hydrogens is 312 g/mol. The lowest BCUT2D eigenvalue weighted by molar-refractivity contribution is 0.338.